The van der Waals surface area contributed by atoms with E-state index in [0.29, 0.717) is 17.8 Å². The van der Waals surface area contributed by atoms with Gasteiger partial charge < -0.3 is 10.2 Å². The number of hydrogen-bond acceptors (Lipinski definition) is 2. The van der Waals surface area contributed by atoms with Gasteiger partial charge >= 0.3 is 0 Å². The fourth-order valence-corrected chi connectivity index (χ4v) is 6.87. The molecule has 0 aromatic rings. The third-order valence-corrected chi connectivity index (χ3v) is 8.12. The van der Waals surface area contributed by atoms with Crippen LogP contribution in [-0.4, -0.2) is 21.9 Å². The highest BCUT2D eigenvalue weighted by Gasteiger charge is 2.60. The molecule has 4 rings (SSSR count). The van der Waals surface area contributed by atoms with Crippen molar-refractivity contribution in [3.63, 3.8) is 0 Å². The van der Waals surface area contributed by atoms with Crippen LogP contribution < -0.4 is 0 Å². The summed E-state index contributed by atoms with van der Waals surface area (Å²) in [5.41, 5.74) is 1.09. The SMILES string of the molecule is C#CC1(O)CC2C3CC=C4CC(O)CCC4(C)C3CCC2(C)C1. The number of terminal acetylenes is 1. The summed E-state index contributed by atoms with van der Waals surface area (Å²) in [7, 11) is 0. The maximum atomic E-state index is 10.7. The first-order chi connectivity index (χ1) is 10.8. The van der Waals surface area contributed by atoms with Crippen molar-refractivity contribution in [2.75, 3.05) is 0 Å². The minimum atomic E-state index is -0.887. The molecule has 0 aromatic heterocycles. The lowest BCUT2D eigenvalue weighted by Gasteiger charge is -2.57. The Labute approximate surface area is 140 Å². The van der Waals surface area contributed by atoms with Crippen molar-refractivity contribution in [3.8, 4) is 12.3 Å². The van der Waals surface area contributed by atoms with Crippen molar-refractivity contribution in [2.45, 2.75) is 76.9 Å². The van der Waals surface area contributed by atoms with Gasteiger partial charge in [-0.25, -0.2) is 0 Å². The molecule has 0 radical (unpaired) electrons. The second-order valence-electron chi connectivity index (χ2n) is 9.41. The van der Waals surface area contributed by atoms with E-state index in [2.05, 4.69) is 25.8 Å². The normalized spacial score (nSPS) is 55.2. The molecule has 0 spiro atoms. The molecule has 126 valence electrons. The Hall–Kier alpha value is -0.780. The van der Waals surface area contributed by atoms with Crippen LogP contribution in [0.5, 0.6) is 0 Å². The zero-order valence-corrected chi connectivity index (χ0v) is 14.5. The van der Waals surface area contributed by atoms with E-state index in [0.717, 1.165) is 38.5 Å². The summed E-state index contributed by atoms with van der Waals surface area (Å²) in [5, 5.41) is 20.8. The van der Waals surface area contributed by atoms with Crippen molar-refractivity contribution in [1.82, 2.24) is 0 Å². The fraction of sp³-hybridized carbons (Fsp3) is 0.810. The Morgan fingerprint density at radius 1 is 1.22 bits per heavy atom. The monoisotopic (exact) mass is 314 g/mol. The Morgan fingerprint density at radius 2 is 2.00 bits per heavy atom. The minimum absolute atomic E-state index is 0.141. The molecule has 0 heterocycles. The third-order valence-electron chi connectivity index (χ3n) is 8.12. The molecule has 2 nitrogen and oxygen atoms in total. The zero-order valence-electron chi connectivity index (χ0n) is 14.5. The van der Waals surface area contributed by atoms with Gasteiger partial charge in [0.1, 0.15) is 5.60 Å². The molecule has 0 aromatic carbocycles. The lowest BCUT2D eigenvalue weighted by Crippen LogP contribution is -2.49. The molecule has 0 bridgehead atoms. The summed E-state index contributed by atoms with van der Waals surface area (Å²) in [6.45, 7) is 4.79. The van der Waals surface area contributed by atoms with E-state index in [-0.39, 0.29) is 16.9 Å². The molecule has 7 unspecified atom stereocenters. The molecular weight excluding hydrogens is 284 g/mol. The van der Waals surface area contributed by atoms with E-state index < -0.39 is 5.60 Å². The maximum absolute atomic E-state index is 10.7. The van der Waals surface area contributed by atoms with Crippen molar-refractivity contribution < 1.29 is 10.2 Å². The molecule has 23 heavy (non-hydrogen) atoms. The average Bonchev–Trinajstić information content (AvgIpc) is 2.79. The van der Waals surface area contributed by atoms with Crippen LogP contribution in [0.1, 0.15) is 65.2 Å². The molecule has 2 heteroatoms. The highest BCUT2D eigenvalue weighted by molar-refractivity contribution is 5.27. The molecule has 4 aliphatic rings. The smallest absolute Gasteiger partial charge is 0.126 e. The van der Waals surface area contributed by atoms with Crippen molar-refractivity contribution >= 4 is 0 Å². The van der Waals surface area contributed by atoms with Crippen LogP contribution in [0.25, 0.3) is 0 Å². The lowest BCUT2D eigenvalue weighted by atomic mass is 9.48. The van der Waals surface area contributed by atoms with Gasteiger partial charge in [0.05, 0.1) is 6.10 Å². The fourth-order valence-electron chi connectivity index (χ4n) is 6.87. The first-order valence-electron chi connectivity index (χ1n) is 9.37. The van der Waals surface area contributed by atoms with E-state index in [4.69, 9.17) is 6.42 Å². The quantitative estimate of drug-likeness (QED) is 0.529. The van der Waals surface area contributed by atoms with Gasteiger partial charge in [-0.05, 0) is 80.0 Å². The van der Waals surface area contributed by atoms with E-state index >= 15 is 0 Å². The van der Waals surface area contributed by atoms with E-state index in [1.54, 1.807) is 0 Å². The Bertz CT molecular complexity index is 587. The second-order valence-corrected chi connectivity index (χ2v) is 9.41. The van der Waals surface area contributed by atoms with E-state index in [1.165, 1.54) is 18.4 Å². The highest BCUT2D eigenvalue weighted by atomic mass is 16.3. The van der Waals surface area contributed by atoms with Crippen LogP contribution in [0, 0.1) is 40.9 Å². The Balaban J connectivity index is 1.68. The number of hydrogen-bond donors (Lipinski definition) is 2. The minimum Gasteiger partial charge on any atom is -0.393 e. The number of fused-ring (bicyclic) bond motifs is 5. The second kappa shape index (κ2) is 4.87. The van der Waals surface area contributed by atoms with Gasteiger partial charge in [0.2, 0.25) is 0 Å². The summed E-state index contributed by atoms with van der Waals surface area (Å²) in [4.78, 5) is 0. The summed E-state index contributed by atoms with van der Waals surface area (Å²) in [5.74, 6) is 4.60. The van der Waals surface area contributed by atoms with E-state index in [9.17, 15) is 10.2 Å². The third kappa shape index (κ3) is 2.16. The highest BCUT2D eigenvalue weighted by Crippen LogP contribution is 2.66. The molecule has 7 atom stereocenters. The molecule has 0 saturated heterocycles. The van der Waals surface area contributed by atoms with Crippen molar-refractivity contribution in [2.24, 2.45) is 28.6 Å². The van der Waals surface area contributed by atoms with Crippen LogP contribution in [0.4, 0.5) is 0 Å². The number of rotatable bonds is 0. The Morgan fingerprint density at radius 3 is 2.74 bits per heavy atom. The van der Waals surface area contributed by atoms with Gasteiger partial charge in [0, 0.05) is 0 Å². The standard InChI is InChI=1S/C21H30O2/c1-4-21(23)12-18-16-6-5-14-11-15(22)7-10-20(14,3)17(16)8-9-19(18,2)13-21/h1,5,15-18,22-23H,6-13H2,2-3H3. The van der Waals surface area contributed by atoms with Crippen LogP contribution >= 0.6 is 0 Å². The zero-order chi connectivity index (χ0) is 16.5. The molecule has 4 aliphatic carbocycles. The summed E-state index contributed by atoms with van der Waals surface area (Å²) in [6, 6.07) is 0. The van der Waals surface area contributed by atoms with Crippen LogP contribution in [0.3, 0.4) is 0 Å². The lowest BCUT2D eigenvalue weighted by molar-refractivity contribution is -0.0360. The number of allylic oxidation sites excluding steroid dienone is 1. The van der Waals surface area contributed by atoms with Crippen LogP contribution in [-0.2, 0) is 0 Å². The van der Waals surface area contributed by atoms with Gasteiger partial charge in [-0.1, -0.05) is 31.4 Å². The van der Waals surface area contributed by atoms with Crippen molar-refractivity contribution in [1.29, 1.82) is 0 Å². The number of aliphatic hydroxyl groups excluding tert-OH is 1. The number of aliphatic hydroxyl groups is 2. The predicted octanol–water partition coefficient (Wildman–Crippen LogP) is 3.67. The first-order valence-corrected chi connectivity index (χ1v) is 9.37. The first kappa shape index (κ1) is 15.7. The van der Waals surface area contributed by atoms with Crippen LogP contribution in [0.15, 0.2) is 11.6 Å². The molecule has 0 amide bonds. The summed E-state index contributed by atoms with van der Waals surface area (Å²) < 4.78 is 0. The predicted molar refractivity (Wildman–Crippen MR) is 91.5 cm³/mol. The molecular formula is C21H30O2. The Kier molecular flexibility index (Phi) is 3.33. The molecule has 3 fully saturated rings. The van der Waals surface area contributed by atoms with Gasteiger partial charge in [-0.15, -0.1) is 6.42 Å². The van der Waals surface area contributed by atoms with Crippen LogP contribution in [0.2, 0.25) is 0 Å². The van der Waals surface area contributed by atoms with Gasteiger partial charge in [0.25, 0.3) is 0 Å². The van der Waals surface area contributed by atoms with Gasteiger partial charge in [-0.3, -0.25) is 0 Å². The molecule has 0 aliphatic heterocycles. The topological polar surface area (TPSA) is 40.5 Å². The van der Waals surface area contributed by atoms with Crippen molar-refractivity contribution in [3.05, 3.63) is 11.6 Å². The van der Waals surface area contributed by atoms with Gasteiger partial charge in [-0.2, -0.15) is 0 Å². The average molecular weight is 314 g/mol. The largest absolute Gasteiger partial charge is 0.393 e. The van der Waals surface area contributed by atoms with E-state index in [1.807, 2.05) is 0 Å². The van der Waals surface area contributed by atoms with Gasteiger partial charge in [0.15, 0.2) is 0 Å². The summed E-state index contributed by atoms with van der Waals surface area (Å²) >= 11 is 0. The molecule has 3 saturated carbocycles. The molecule has 2 N–H and O–H groups in total. The maximum Gasteiger partial charge on any atom is 0.126 e. The summed E-state index contributed by atoms with van der Waals surface area (Å²) in [6.07, 6.45) is 16.0.